The Hall–Kier alpha value is -3.64. The molecule has 0 radical (unpaired) electrons. The molecular formula is C28H33ClN6O3. The molecule has 0 amide bonds. The lowest BCUT2D eigenvalue weighted by molar-refractivity contribution is -0.0000344. The summed E-state index contributed by atoms with van der Waals surface area (Å²) in [6.07, 6.45) is 5.14. The number of nitrogens with zero attached hydrogens (tertiary/aromatic N) is 6. The van der Waals surface area contributed by atoms with E-state index in [-0.39, 0.29) is 23.1 Å². The van der Waals surface area contributed by atoms with Gasteiger partial charge in [-0.1, -0.05) is 16.8 Å². The molecule has 0 unspecified atom stereocenters. The van der Waals surface area contributed by atoms with Crippen LogP contribution in [0.1, 0.15) is 57.6 Å². The molecule has 0 bridgehead atoms. The molecule has 1 saturated carbocycles. The number of fused-ring (bicyclic) bond motifs is 1. The largest absolute Gasteiger partial charge is 0.481 e. The molecule has 3 heterocycles. The first kappa shape index (κ1) is 27.4. The van der Waals surface area contributed by atoms with Crippen molar-refractivity contribution in [3.05, 3.63) is 57.1 Å². The van der Waals surface area contributed by atoms with E-state index in [9.17, 15) is 10.1 Å². The molecule has 1 aliphatic rings. The van der Waals surface area contributed by atoms with Crippen LogP contribution in [-0.2, 0) is 11.9 Å². The minimum Gasteiger partial charge on any atom is -0.481 e. The van der Waals surface area contributed by atoms with Crippen molar-refractivity contribution in [1.29, 1.82) is 5.26 Å². The van der Waals surface area contributed by atoms with E-state index in [1.165, 1.54) is 4.57 Å². The van der Waals surface area contributed by atoms with E-state index in [0.29, 0.717) is 27.8 Å². The van der Waals surface area contributed by atoms with Crippen molar-refractivity contribution in [1.82, 2.24) is 14.5 Å². The summed E-state index contributed by atoms with van der Waals surface area (Å²) in [5, 5.41) is 14.8. The number of rotatable bonds is 6. The van der Waals surface area contributed by atoms with Crippen LogP contribution in [-0.4, -0.2) is 46.0 Å². The number of hydrogen-bond acceptors (Lipinski definition) is 8. The number of hydrogen-bond donors (Lipinski definition) is 0. The van der Waals surface area contributed by atoms with Gasteiger partial charge in [0.1, 0.15) is 27.9 Å². The Morgan fingerprint density at radius 2 is 1.92 bits per heavy atom. The molecule has 0 aliphatic heterocycles. The Morgan fingerprint density at radius 1 is 1.21 bits per heavy atom. The standard InChI is InChI=1S/C28H33ClN6O3/c1-28(2,3)38-33-24(18-9-14-23(37-6)31-16-18)17-7-10-19(11-8-17)34(4)26-20(15-30)27(36)35(5)21-12-13-22(29)32-25(21)26/h9,12-14,16-17,19H,7-8,10-11H2,1-6H3. The zero-order valence-corrected chi connectivity index (χ0v) is 23.4. The van der Waals surface area contributed by atoms with Gasteiger partial charge in [0.25, 0.3) is 5.56 Å². The van der Waals surface area contributed by atoms with Crippen molar-refractivity contribution in [2.75, 3.05) is 19.1 Å². The van der Waals surface area contributed by atoms with Crippen LogP contribution < -0.4 is 15.2 Å². The first-order chi connectivity index (χ1) is 18.0. The smallest absolute Gasteiger partial charge is 0.270 e. The van der Waals surface area contributed by atoms with Crippen molar-refractivity contribution < 1.29 is 9.57 Å². The summed E-state index contributed by atoms with van der Waals surface area (Å²) in [4.78, 5) is 29.7. The summed E-state index contributed by atoms with van der Waals surface area (Å²) < 4.78 is 6.67. The highest BCUT2D eigenvalue weighted by Gasteiger charge is 2.31. The third kappa shape index (κ3) is 5.60. The molecule has 0 N–H and O–H groups in total. The number of oxime groups is 1. The highest BCUT2D eigenvalue weighted by atomic mass is 35.5. The van der Waals surface area contributed by atoms with Gasteiger partial charge in [0.05, 0.1) is 24.0 Å². The molecule has 0 saturated heterocycles. The van der Waals surface area contributed by atoms with Gasteiger partial charge in [-0.05, 0) is 64.7 Å². The van der Waals surface area contributed by atoms with Crippen molar-refractivity contribution in [3.8, 4) is 11.9 Å². The molecule has 10 heteroatoms. The fraction of sp³-hybridized carbons (Fsp3) is 0.464. The fourth-order valence-electron chi connectivity index (χ4n) is 4.93. The number of anilines is 1. The van der Waals surface area contributed by atoms with E-state index >= 15 is 0 Å². The number of ether oxygens (including phenoxy) is 1. The molecule has 0 aromatic carbocycles. The number of aryl methyl sites for hydroxylation is 1. The van der Waals surface area contributed by atoms with E-state index in [4.69, 9.17) is 21.2 Å². The second kappa shape index (κ2) is 11.0. The predicted octanol–water partition coefficient (Wildman–Crippen LogP) is 5.08. The Kier molecular flexibility index (Phi) is 7.93. The topological polar surface area (TPSA) is 106 Å². The maximum absolute atomic E-state index is 13.0. The number of methoxy groups -OCH3 is 1. The molecule has 9 nitrogen and oxygen atoms in total. The number of aromatic nitrogens is 3. The van der Waals surface area contributed by atoms with E-state index in [1.807, 2.05) is 44.9 Å². The van der Waals surface area contributed by atoms with Crippen molar-refractivity contribution in [2.24, 2.45) is 18.1 Å². The summed E-state index contributed by atoms with van der Waals surface area (Å²) in [5.41, 5.74) is 2.77. The molecule has 38 heavy (non-hydrogen) atoms. The lowest BCUT2D eigenvalue weighted by atomic mass is 9.80. The van der Waals surface area contributed by atoms with Crippen molar-refractivity contribution >= 4 is 34.0 Å². The average molecular weight is 537 g/mol. The van der Waals surface area contributed by atoms with Crippen molar-refractivity contribution in [3.63, 3.8) is 0 Å². The van der Waals surface area contributed by atoms with Gasteiger partial charge in [-0.3, -0.25) is 4.79 Å². The number of nitriles is 1. The van der Waals surface area contributed by atoms with Gasteiger partial charge < -0.3 is 19.0 Å². The van der Waals surface area contributed by atoms with E-state index in [0.717, 1.165) is 37.0 Å². The van der Waals surface area contributed by atoms with Crippen LogP contribution in [0.15, 0.2) is 40.4 Å². The molecule has 200 valence electrons. The summed E-state index contributed by atoms with van der Waals surface area (Å²) >= 11 is 6.22. The van der Waals surface area contributed by atoms with Gasteiger partial charge in [-0.2, -0.15) is 5.26 Å². The lowest BCUT2D eigenvalue weighted by Gasteiger charge is -2.37. The Bertz CT molecular complexity index is 1450. The van der Waals surface area contributed by atoms with Gasteiger partial charge in [0, 0.05) is 43.9 Å². The molecule has 1 aliphatic carbocycles. The van der Waals surface area contributed by atoms with Crippen LogP contribution in [0.5, 0.6) is 5.88 Å². The predicted molar refractivity (Wildman–Crippen MR) is 149 cm³/mol. The molecule has 0 spiro atoms. The molecular weight excluding hydrogens is 504 g/mol. The van der Waals surface area contributed by atoms with E-state index < -0.39 is 5.60 Å². The van der Waals surface area contributed by atoms with E-state index in [1.54, 1.807) is 32.5 Å². The van der Waals surface area contributed by atoms with Crippen molar-refractivity contribution in [2.45, 2.75) is 58.1 Å². The van der Waals surface area contributed by atoms with Crippen LogP contribution in [0, 0.1) is 17.2 Å². The highest BCUT2D eigenvalue weighted by molar-refractivity contribution is 6.29. The summed E-state index contributed by atoms with van der Waals surface area (Å²) in [6.45, 7) is 5.90. The van der Waals surface area contributed by atoms with Gasteiger partial charge in [0.2, 0.25) is 5.88 Å². The second-order valence-electron chi connectivity index (χ2n) is 10.6. The van der Waals surface area contributed by atoms with Crippen LogP contribution in [0.2, 0.25) is 5.15 Å². The van der Waals surface area contributed by atoms with Gasteiger partial charge >= 0.3 is 0 Å². The zero-order valence-electron chi connectivity index (χ0n) is 22.7. The highest BCUT2D eigenvalue weighted by Crippen LogP contribution is 2.35. The van der Waals surface area contributed by atoms with Gasteiger partial charge in [-0.25, -0.2) is 9.97 Å². The number of halogens is 1. The summed E-state index contributed by atoms with van der Waals surface area (Å²) in [5.74, 6) is 0.707. The molecule has 1 fully saturated rings. The van der Waals surface area contributed by atoms with Gasteiger partial charge in [0.15, 0.2) is 0 Å². The maximum Gasteiger partial charge on any atom is 0.270 e. The minimum absolute atomic E-state index is 0.0736. The Morgan fingerprint density at radius 3 is 2.50 bits per heavy atom. The fourth-order valence-corrected chi connectivity index (χ4v) is 5.08. The zero-order chi connectivity index (χ0) is 27.6. The maximum atomic E-state index is 13.0. The molecule has 3 aromatic rings. The Balaban J connectivity index is 1.63. The molecule has 3 aromatic heterocycles. The van der Waals surface area contributed by atoms with Crippen LogP contribution >= 0.6 is 11.6 Å². The minimum atomic E-state index is -0.426. The normalized spacial score (nSPS) is 18.2. The first-order valence-electron chi connectivity index (χ1n) is 12.6. The molecule has 4 rings (SSSR count). The monoisotopic (exact) mass is 536 g/mol. The van der Waals surface area contributed by atoms with E-state index in [2.05, 4.69) is 21.2 Å². The second-order valence-corrected chi connectivity index (χ2v) is 11.0. The molecule has 0 atom stereocenters. The first-order valence-corrected chi connectivity index (χ1v) is 13.0. The summed E-state index contributed by atoms with van der Waals surface area (Å²) in [7, 11) is 5.16. The Labute approximate surface area is 227 Å². The number of pyridine rings is 3. The third-order valence-corrected chi connectivity index (χ3v) is 7.15. The average Bonchev–Trinajstić information content (AvgIpc) is 2.90. The quantitative estimate of drug-likeness (QED) is 0.246. The van der Waals surface area contributed by atoms with Gasteiger partial charge in [-0.15, -0.1) is 0 Å². The summed E-state index contributed by atoms with van der Waals surface area (Å²) in [6, 6.07) is 9.41. The van der Waals surface area contributed by atoms with Crippen LogP contribution in [0.4, 0.5) is 5.69 Å². The van der Waals surface area contributed by atoms with Crippen LogP contribution in [0.25, 0.3) is 11.0 Å². The lowest BCUT2D eigenvalue weighted by Crippen LogP contribution is -2.39. The van der Waals surface area contributed by atoms with Crippen LogP contribution in [0.3, 0.4) is 0 Å². The third-order valence-electron chi connectivity index (χ3n) is 6.94. The SMILES string of the molecule is COc1ccc(C(=NOC(C)(C)C)C2CCC(N(C)c3c(C#N)c(=O)n(C)c4ccc(Cl)nc34)CC2)cn1.